The van der Waals surface area contributed by atoms with Gasteiger partial charge >= 0.3 is 0 Å². The molecule has 1 atom stereocenters. The van der Waals surface area contributed by atoms with Crippen molar-refractivity contribution >= 4 is 15.9 Å². The maximum Gasteiger partial charge on any atom is 0.137 e. The first-order valence-electron chi connectivity index (χ1n) is 7.27. The molecule has 0 fully saturated rings. The summed E-state index contributed by atoms with van der Waals surface area (Å²) >= 11 is 3.23. The standard InChI is InChI=1S/C16H26BrFN2/c1-11(2)20(12(3)4)9-8-19-13(5)14-6-7-16(18)15(17)10-14/h6-7,10-13,19H,8-9H2,1-5H3. The summed E-state index contributed by atoms with van der Waals surface area (Å²) in [5.74, 6) is -0.216. The molecule has 0 aromatic heterocycles. The van der Waals surface area contributed by atoms with E-state index in [9.17, 15) is 4.39 Å². The molecule has 1 aromatic carbocycles. The molecule has 4 heteroatoms. The maximum atomic E-state index is 13.2. The largest absolute Gasteiger partial charge is 0.309 e. The molecule has 0 saturated carbocycles. The van der Waals surface area contributed by atoms with E-state index in [-0.39, 0.29) is 11.9 Å². The van der Waals surface area contributed by atoms with Crippen molar-refractivity contribution in [1.82, 2.24) is 10.2 Å². The average molecular weight is 345 g/mol. The predicted octanol–water partition coefficient (Wildman–Crippen LogP) is 4.36. The average Bonchev–Trinajstić information content (AvgIpc) is 2.36. The maximum absolute atomic E-state index is 13.2. The van der Waals surface area contributed by atoms with Crippen LogP contribution in [-0.2, 0) is 0 Å². The zero-order valence-electron chi connectivity index (χ0n) is 13.1. The van der Waals surface area contributed by atoms with Crippen LogP contribution in [0.25, 0.3) is 0 Å². The van der Waals surface area contributed by atoms with Gasteiger partial charge in [-0.05, 0) is 68.2 Å². The van der Waals surface area contributed by atoms with Crippen molar-refractivity contribution in [1.29, 1.82) is 0 Å². The first kappa shape index (κ1) is 17.6. The Morgan fingerprint density at radius 2 is 1.75 bits per heavy atom. The minimum Gasteiger partial charge on any atom is -0.309 e. The van der Waals surface area contributed by atoms with Gasteiger partial charge in [-0.25, -0.2) is 4.39 Å². The van der Waals surface area contributed by atoms with Gasteiger partial charge in [-0.15, -0.1) is 0 Å². The second-order valence-electron chi connectivity index (χ2n) is 5.77. The highest BCUT2D eigenvalue weighted by Crippen LogP contribution is 2.21. The van der Waals surface area contributed by atoms with Gasteiger partial charge in [-0.1, -0.05) is 6.07 Å². The van der Waals surface area contributed by atoms with E-state index in [1.165, 1.54) is 6.07 Å². The van der Waals surface area contributed by atoms with Crippen LogP contribution < -0.4 is 5.32 Å². The van der Waals surface area contributed by atoms with E-state index in [1.54, 1.807) is 0 Å². The van der Waals surface area contributed by atoms with E-state index in [2.05, 4.69) is 60.8 Å². The van der Waals surface area contributed by atoms with Crippen LogP contribution in [0, 0.1) is 5.82 Å². The zero-order chi connectivity index (χ0) is 15.3. The van der Waals surface area contributed by atoms with Gasteiger partial charge in [0.1, 0.15) is 5.82 Å². The predicted molar refractivity (Wildman–Crippen MR) is 87.5 cm³/mol. The summed E-state index contributed by atoms with van der Waals surface area (Å²) in [4.78, 5) is 2.46. The molecule has 0 aliphatic heterocycles. The van der Waals surface area contributed by atoms with Gasteiger partial charge in [0.25, 0.3) is 0 Å². The Balaban J connectivity index is 2.50. The monoisotopic (exact) mass is 344 g/mol. The number of nitrogens with zero attached hydrogens (tertiary/aromatic N) is 1. The highest BCUT2D eigenvalue weighted by molar-refractivity contribution is 9.10. The molecular formula is C16H26BrFN2. The lowest BCUT2D eigenvalue weighted by Gasteiger charge is -2.31. The summed E-state index contributed by atoms with van der Waals surface area (Å²) in [6, 6.07) is 6.49. The fraction of sp³-hybridized carbons (Fsp3) is 0.625. The second kappa shape index (κ2) is 8.11. The minimum atomic E-state index is -0.216. The molecule has 0 amide bonds. The molecule has 20 heavy (non-hydrogen) atoms. The fourth-order valence-electron chi connectivity index (χ4n) is 2.42. The molecule has 1 N–H and O–H groups in total. The van der Waals surface area contributed by atoms with E-state index >= 15 is 0 Å². The van der Waals surface area contributed by atoms with Gasteiger partial charge in [-0.3, -0.25) is 4.90 Å². The molecule has 2 nitrogen and oxygen atoms in total. The fourth-order valence-corrected chi connectivity index (χ4v) is 2.82. The van der Waals surface area contributed by atoms with Crippen LogP contribution >= 0.6 is 15.9 Å². The second-order valence-corrected chi connectivity index (χ2v) is 6.63. The van der Waals surface area contributed by atoms with Crippen molar-refractivity contribution in [2.75, 3.05) is 13.1 Å². The zero-order valence-corrected chi connectivity index (χ0v) is 14.7. The van der Waals surface area contributed by atoms with E-state index in [0.717, 1.165) is 18.7 Å². The number of halogens is 2. The lowest BCUT2D eigenvalue weighted by molar-refractivity contribution is 0.174. The van der Waals surface area contributed by atoms with Crippen molar-refractivity contribution in [3.63, 3.8) is 0 Å². The Labute approximate surface area is 130 Å². The van der Waals surface area contributed by atoms with Crippen molar-refractivity contribution < 1.29 is 4.39 Å². The Kier molecular flexibility index (Phi) is 7.13. The molecule has 0 spiro atoms. The third-order valence-electron chi connectivity index (χ3n) is 3.59. The van der Waals surface area contributed by atoms with E-state index < -0.39 is 0 Å². The summed E-state index contributed by atoms with van der Waals surface area (Å²) in [6.45, 7) is 12.9. The normalized spacial score (nSPS) is 13.5. The number of nitrogens with one attached hydrogen (secondary N) is 1. The molecule has 0 heterocycles. The van der Waals surface area contributed by atoms with Crippen molar-refractivity contribution in [2.24, 2.45) is 0 Å². The van der Waals surface area contributed by atoms with Crippen molar-refractivity contribution in [3.05, 3.63) is 34.1 Å². The first-order valence-corrected chi connectivity index (χ1v) is 8.06. The summed E-state index contributed by atoms with van der Waals surface area (Å²) in [6.07, 6.45) is 0. The third kappa shape index (κ3) is 5.15. The van der Waals surface area contributed by atoms with Crippen LogP contribution in [0.15, 0.2) is 22.7 Å². The molecule has 0 aliphatic carbocycles. The van der Waals surface area contributed by atoms with Gasteiger partial charge in [0.05, 0.1) is 4.47 Å². The highest BCUT2D eigenvalue weighted by Gasteiger charge is 2.13. The summed E-state index contributed by atoms with van der Waals surface area (Å²) in [5.41, 5.74) is 1.10. The number of hydrogen-bond donors (Lipinski definition) is 1. The van der Waals surface area contributed by atoms with Gasteiger partial charge in [0.15, 0.2) is 0 Å². The van der Waals surface area contributed by atoms with Gasteiger partial charge in [0, 0.05) is 31.2 Å². The van der Waals surface area contributed by atoms with Gasteiger partial charge < -0.3 is 5.32 Å². The Hall–Kier alpha value is -0.450. The van der Waals surface area contributed by atoms with Crippen LogP contribution in [0.2, 0.25) is 0 Å². The molecular weight excluding hydrogens is 319 g/mol. The number of rotatable bonds is 7. The molecule has 0 bridgehead atoms. The summed E-state index contributed by atoms with van der Waals surface area (Å²) in [7, 11) is 0. The van der Waals surface area contributed by atoms with E-state index in [4.69, 9.17) is 0 Å². The Morgan fingerprint density at radius 1 is 1.15 bits per heavy atom. The topological polar surface area (TPSA) is 15.3 Å². The Morgan fingerprint density at radius 3 is 2.25 bits per heavy atom. The van der Waals surface area contributed by atoms with Crippen LogP contribution in [0.1, 0.15) is 46.2 Å². The molecule has 1 rings (SSSR count). The van der Waals surface area contributed by atoms with E-state index in [1.807, 2.05) is 12.1 Å². The van der Waals surface area contributed by atoms with E-state index in [0.29, 0.717) is 16.6 Å². The molecule has 1 aromatic rings. The van der Waals surface area contributed by atoms with Crippen molar-refractivity contribution in [2.45, 2.75) is 52.7 Å². The molecule has 1 unspecified atom stereocenters. The lowest BCUT2D eigenvalue weighted by Crippen LogP contribution is -2.41. The lowest BCUT2D eigenvalue weighted by atomic mass is 10.1. The van der Waals surface area contributed by atoms with Crippen LogP contribution in [0.3, 0.4) is 0 Å². The first-order chi connectivity index (χ1) is 9.32. The Bertz CT molecular complexity index is 413. The quantitative estimate of drug-likeness (QED) is 0.790. The van der Waals surface area contributed by atoms with Crippen LogP contribution in [-0.4, -0.2) is 30.1 Å². The minimum absolute atomic E-state index is 0.216. The molecule has 0 aliphatic rings. The van der Waals surface area contributed by atoms with Gasteiger partial charge in [0.2, 0.25) is 0 Å². The SMILES string of the molecule is CC(NCCN(C(C)C)C(C)C)c1ccc(F)c(Br)c1. The molecule has 0 saturated heterocycles. The van der Waals surface area contributed by atoms with Crippen LogP contribution in [0.5, 0.6) is 0 Å². The number of hydrogen-bond acceptors (Lipinski definition) is 2. The summed E-state index contributed by atoms with van der Waals surface area (Å²) < 4.78 is 13.7. The van der Waals surface area contributed by atoms with Crippen molar-refractivity contribution in [3.8, 4) is 0 Å². The highest BCUT2D eigenvalue weighted by atomic mass is 79.9. The van der Waals surface area contributed by atoms with Gasteiger partial charge in [-0.2, -0.15) is 0 Å². The third-order valence-corrected chi connectivity index (χ3v) is 4.20. The molecule has 0 radical (unpaired) electrons. The number of benzene rings is 1. The van der Waals surface area contributed by atoms with Crippen LogP contribution in [0.4, 0.5) is 4.39 Å². The molecule has 114 valence electrons. The smallest absolute Gasteiger partial charge is 0.137 e. The summed E-state index contributed by atoms with van der Waals surface area (Å²) in [5, 5.41) is 3.50.